The van der Waals surface area contributed by atoms with E-state index in [0.29, 0.717) is 17.8 Å². The number of nitrogens with zero attached hydrogens (tertiary/aromatic N) is 3. The molecule has 0 amide bonds. The Morgan fingerprint density at radius 1 is 1.41 bits per heavy atom. The lowest BCUT2D eigenvalue weighted by molar-refractivity contribution is 0.0162. The number of rotatable bonds is 6. The predicted octanol–water partition coefficient (Wildman–Crippen LogP) is 2.16. The molecule has 2 aromatic rings. The molecular formula is C15H22N4O2S. The normalized spacial score (nSPS) is 19.2. The molecule has 1 N–H and O–H groups in total. The van der Waals surface area contributed by atoms with Gasteiger partial charge in [0.05, 0.1) is 25.3 Å². The highest BCUT2D eigenvalue weighted by molar-refractivity contribution is 7.10. The van der Waals surface area contributed by atoms with Crippen molar-refractivity contribution in [3.05, 3.63) is 34.1 Å². The smallest absolute Gasteiger partial charge is 0.243 e. The topological polar surface area (TPSA) is 63.4 Å². The lowest BCUT2D eigenvalue weighted by atomic mass is 10.1. The van der Waals surface area contributed by atoms with E-state index in [4.69, 9.17) is 9.26 Å². The molecule has 6 nitrogen and oxygen atoms in total. The second kappa shape index (κ2) is 7.32. The van der Waals surface area contributed by atoms with E-state index in [9.17, 15) is 0 Å². The quantitative estimate of drug-likeness (QED) is 0.879. The number of nitrogens with one attached hydrogen (secondary N) is 1. The van der Waals surface area contributed by atoms with Crippen molar-refractivity contribution in [2.75, 3.05) is 32.8 Å². The van der Waals surface area contributed by atoms with Crippen molar-refractivity contribution in [2.45, 2.75) is 25.9 Å². The van der Waals surface area contributed by atoms with Gasteiger partial charge in [0.25, 0.3) is 0 Å². The Morgan fingerprint density at radius 2 is 2.23 bits per heavy atom. The van der Waals surface area contributed by atoms with Crippen molar-refractivity contribution in [1.82, 2.24) is 20.4 Å². The van der Waals surface area contributed by atoms with Crippen LogP contribution in [0.1, 0.15) is 35.6 Å². The number of aromatic nitrogens is 2. The van der Waals surface area contributed by atoms with E-state index in [1.54, 1.807) is 11.3 Å². The maximum absolute atomic E-state index is 5.47. The number of thiophene rings is 1. The highest BCUT2D eigenvalue weighted by Crippen LogP contribution is 2.26. The SMILES string of the molecule is Cc1noc([C@H](C)NC[C@H](c2cccs2)N2CCOCC2)n1. The predicted molar refractivity (Wildman–Crippen MR) is 84.9 cm³/mol. The molecule has 0 aliphatic carbocycles. The summed E-state index contributed by atoms with van der Waals surface area (Å²) in [5.41, 5.74) is 0. The van der Waals surface area contributed by atoms with Gasteiger partial charge in [-0.2, -0.15) is 4.98 Å². The van der Waals surface area contributed by atoms with Crippen LogP contribution in [0.15, 0.2) is 22.0 Å². The summed E-state index contributed by atoms with van der Waals surface area (Å²) in [6.07, 6.45) is 0. The van der Waals surface area contributed by atoms with Gasteiger partial charge < -0.3 is 14.6 Å². The zero-order valence-electron chi connectivity index (χ0n) is 13.0. The first kappa shape index (κ1) is 15.6. The summed E-state index contributed by atoms with van der Waals surface area (Å²) in [5.74, 6) is 1.32. The number of hydrogen-bond acceptors (Lipinski definition) is 7. The highest BCUT2D eigenvalue weighted by atomic mass is 32.1. The molecule has 1 aliphatic rings. The number of morpholine rings is 1. The Balaban J connectivity index is 1.65. The molecule has 0 aromatic carbocycles. The van der Waals surface area contributed by atoms with Crippen molar-refractivity contribution >= 4 is 11.3 Å². The Kier molecular flexibility index (Phi) is 5.20. The summed E-state index contributed by atoms with van der Waals surface area (Å²) in [5, 5.41) is 9.51. The molecule has 0 saturated carbocycles. The van der Waals surface area contributed by atoms with Gasteiger partial charge in [0.1, 0.15) is 0 Å². The lowest BCUT2D eigenvalue weighted by Gasteiger charge is -2.34. The Morgan fingerprint density at radius 3 is 2.86 bits per heavy atom. The fourth-order valence-corrected chi connectivity index (χ4v) is 3.51. The van der Waals surface area contributed by atoms with Gasteiger partial charge in [-0.3, -0.25) is 4.90 Å². The number of aryl methyl sites for hydroxylation is 1. The van der Waals surface area contributed by atoms with Gasteiger partial charge in [-0.05, 0) is 25.3 Å². The van der Waals surface area contributed by atoms with Gasteiger partial charge in [-0.1, -0.05) is 11.2 Å². The minimum Gasteiger partial charge on any atom is -0.379 e. The second-order valence-electron chi connectivity index (χ2n) is 5.49. The molecule has 1 fully saturated rings. The average Bonchev–Trinajstić information content (AvgIpc) is 3.20. The highest BCUT2D eigenvalue weighted by Gasteiger charge is 2.24. The van der Waals surface area contributed by atoms with Crippen molar-refractivity contribution < 1.29 is 9.26 Å². The van der Waals surface area contributed by atoms with E-state index in [1.165, 1.54) is 4.88 Å². The van der Waals surface area contributed by atoms with E-state index in [0.717, 1.165) is 32.8 Å². The largest absolute Gasteiger partial charge is 0.379 e. The van der Waals surface area contributed by atoms with Crippen LogP contribution in [0.3, 0.4) is 0 Å². The maximum Gasteiger partial charge on any atom is 0.243 e. The third-order valence-corrected chi connectivity index (χ3v) is 4.86. The molecule has 120 valence electrons. The van der Waals surface area contributed by atoms with E-state index in [2.05, 4.69) is 44.8 Å². The van der Waals surface area contributed by atoms with E-state index < -0.39 is 0 Å². The molecule has 0 spiro atoms. The molecule has 7 heteroatoms. The Bertz CT molecular complexity index is 566. The Hall–Kier alpha value is -1.28. The molecule has 2 aromatic heterocycles. The summed E-state index contributed by atoms with van der Waals surface area (Å²) < 4.78 is 10.7. The summed E-state index contributed by atoms with van der Waals surface area (Å²) in [4.78, 5) is 8.15. The van der Waals surface area contributed by atoms with Crippen LogP contribution < -0.4 is 5.32 Å². The second-order valence-corrected chi connectivity index (χ2v) is 6.47. The fraction of sp³-hybridized carbons (Fsp3) is 0.600. The minimum absolute atomic E-state index is 0.0460. The van der Waals surface area contributed by atoms with E-state index >= 15 is 0 Å². The zero-order valence-corrected chi connectivity index (χ0v) is 13.8. The minimum atomic E-state index is 0.0460. The summed E-state index contributed by atoms with van der Waals surface area (Å²) >= 11 is 1.80. The molecule has 1 saturated heterocycles. The van der Waals surface area contributed by atoms with Crippen LogP contribution >= 0.6 is 11.3 Å². The first-order valence-electron chi connectivity index (χ1n) is 7.63. The summed E-state index contributed by atoms with van der Waals surface area (Å²) in [6.45, 7) is 8.29. The maximum atomic E-state index is 5.47. The molecule has 22 heavy (non-hydrogen) atoms. The molecule has 3 heterocycles. The standard InChI is InChI=1S/C15H22N4O2S/c1-11(15-17-12(2)18-21-15)16-10-13(14-4-3-9-22-14)19-5-7-20-8-6-19/h3-4,9,11,13,16H,5-8,10H2,1-2H3/t11-,13+/m0/s1. The van der Waals surface area contributed by atoms with Crippen LogP contribution in [0.5, 0.6) is 0 Å². The molecule has 0 bridgehead atoms. The van der Waals surface area contributed by atoms with Gasteiger partial charge in [0.15, 0.2) is 5.82 Å². The first-order chi connectivity index (χ1) is 10.7. The van der Waals surface area contributed by atoms with Gasteiger partial charge in [0.2, 0.25) is 5.89 Å². The van der Waals surface area contributed by atoms with Crippen LogP contribution in [0.25, 0.3) is 0 Å². The van der Waals surface area contributed by atoms with E-state index in [1.807, 2.05) is 6.92 Å². The summed E-state index contributed by atoms with van der Waals surface area (Å²) in [6, 6.07) is 4.71. The molecule has 2 atom stereocenters. The third-order valence-electron chi connectivity index (χ3n) is 3.89. The molecular weight excluding hydrogens is 300 g/mol. The van der Waals surface area contributed by atoms with Crippen LogP contribution in [-0.4, -0.2) is 47.9 Å². The van der Waals surface area contributed by atoms with Gasteiger partial charge >= 0.3 is 0 Å². The monoisotopic (exact) mass is 322 g/mol. The van der Waals surface area contributed by atoms with Crippen molar-refractivity contribution in [1.29, 1.82) is 0 Å². The first-order valence-corrected chi connectivity index (χ1v) is 8.51. The van der Waals surface area contributed by atoms with Crippen LogP contribution in [0.2, 0.25) is 0 Å². The zero-order chi connectivity index (χ0) is 15.4. The van der Waals surface area contributed by atoms with Gasteiger partial charge in [-0.25, -0.2) is 0 Å². The van der Waals surface area contributed by atoms with Crippen molar-refractivity contribution in [3.63, 3.8) is 0 Å². The van der Waals surface area contributed by atoms with Crippen LogP contribution in [0.4, 0.5) is 0 Å². The van der Waals surface area contributed by atoms with Gasteiger partial charge in [-0.15, -0.1) is 11.3 Å². The molecule has 0 unspecified atom stereocenters. The van der Waals surface area contributed by atoms with E-state index in [-0.39, 0.29) is 6.04 Å². The molecule has 0 radical (unpaired) electrons. The average molecular weight is 322 g/mol. The van der Waals surface area contributed by atoms with Crippen LogP contribution in [-0.2, 0) is 4.74 Å². The number of hydrogen-bond donors (Lipinski definition) is 1. The van der Waals surface area contributed by atoms with Crippen molar-refractivity contribution in [2.24, 2.45) is 0 Å². The number of ether oxygens (including phenoxy) is 1. The third kappa shape index (κ3) is 3.73. The van der Waals surface area contributed by atoms with Crippen LogP contribution in [0, 0.1) is 6.92 Å². The molecule has 1 aliphatic heterocycles. The Labute approximate surface area is 134 Å². The fourth-order valence-electron chi connectivity index (χ4n) is 2.64. The summed E-state index contributed by atoms with van der Waals surface area (Å²) in [7, 11) is 0. The lowest BCUT2D eigenvalue weighted by Crippen LogP contribution is -2.42. The molecule has 3 rings (SSSR count). The van der Waals surface area contributed by atoms with Gasteiger partial charge in [0, 0.05) is 24.5 Å². The van der Waals surface area contributed by atoms with Crippen molar-refractivity contribution in [3.8, 4) is 0 Å².